The number of hydrogen-bond acceptors (Lipinski definition) is 2. The van der Waals surface area contributed by atoms with Gasteiger partial charge in [0.05, 0.1) is 12.5 Å². The van der Waals surface area contributed by atoms with Crippen molar-refractivity contribution in [3.63, 3.8) is 0 Å². The first-order valence-electron chi connectivity index (χ1n) is 7.38. The molecule has 0 amide bonds. The second kappa shape index (κ2) is 7.08. The van der Waals surface area contributed by atoms with Gasteiger partial charge in [0.2, 0.25) is 0 Å². The van der Waals surface area contributed by atoms with E-state index in [9.17, 15) is 4.79 Å². The van der Waals surface area contributed by atoms with Gasteiger partial charge < -0.3 is 4.74 Å². The smallest absolute Gasteiger partial charge is 0.314 e. The lowest BCUT2D eigenvalue weighted by Gasteiger charge is -2.30. The van der Waals surface area contributed by atoms with Gasteiger partial charge in [-0.05, 0) is 38.0 Å². The summed E-state index contributed by atoms with van der Waals surface area (Å²) in [5.74, 6) is -0.275. The van der Waals surface area contributed by atoms with Crippen LogP contribution in [0.2, 0.25) is 0 Å². The zero-order chi connectivity index (χ0) is 15.4. The van der Waals surface area contributed by atoms with Crippen LogP contribution in [0.1, 0.15) is 38.7 Å². The second-order valence-corrected chi connectivity index (χ2v) is 6.14. The van der Waals surface area contributed by atoms with Gasteiger partial charge in [0.1, 0.15) is 0 Å². The average Bonchev–Trinajstić information content (AvgIpc) is 2.48. The first kappa shape index (κ1) is 16.0. The molecule has 0 aromatic heterocycles. The molecule has 0 saturated carbocycles. The minimum Gasteiger partial charge on any atom is -0.466 e. The van der Waals surface area contributed by atoms with Gasteiger partial charge in [0.15, 0.2) is 0 Å². The fourth-order valence-electron chi connectivity index (χ4n) is 2.94. The molecule has 1 aromatic rings. The normalized spacial score (nSPS) is 21.5. The molecule has 3 heteroatoms. The topological polar surface area (TPSA) is 26.3 Å². The van der Waals surface area contributed by atoms with Crippen LogP contribution >= 0.6 is 15.9 Å². The Bertz CT molecular complexity index is 569. The number of carbonyl (C=O) groups excluding carboxylic acids is 1. The number of benzene rings is 1. The highest BCUT2D eigenvalue weighted by Crippen LogP contribution is 2.39. The van der Waals surface area contributed by atoms with Crippen molar-refractivity contribution in [1.82, 2.24) is 0 Å². The van der Waals surface area contributed by atoms with Crippen molar-refractivity contribution in [3.8, 4) is 0 Å². The van der Waals surface area contributed by atoms with Gasteiger partial charge in [-0.1, -0.05) is 58.3 Å². The molecule has 0 heterocycles. The van der Waals surface area contributed by atoms with Crippen molar-refractivity contribution in [3.05, 3.63) is 57.6 Å². The fraction of sp³-hybridized carbons (Fsp3) is 0.389. The Morgan fingerprint density at radius 3 is 2.48 bits per heavy atom. The quantitative estimate of drug-likeness (QED) is 0.715. The first-order valence-corrected chi connectivity index (χ1v) is 8.17. The highest BCUT2D eigenvalue weighted by Gasteiger charge is 2.34. The summed E-state index contributed by atoms with van der Waals surface area (Å²) in [4.78, 5) is 12.5. The summed E-state index contributed by atoms with van der Waals surface area (Å²) in [5.41, 5.74) is 3.51. The molecular formula is C18H21BrO2. The average molecular weight is 349 g/mol. The number of ether oxygens (including phenoxy) is 1. The summed E-state index contributed by atoms with van der Waals surface area (Å²) in [7, 11) is 0. The highest BCUT2D eigenvalue weighted by atomic mass is 79.9. The molecule has 0 spiro atoms. The second-order valence-electron chi connectivity index (χ2n) is 5.23. The molecule has 1 aliphatic carbocycles. The summed E-state index contributed by atoms with van der Waals surface area (Å²) in [6.07, 6.45) is 5.12. The molecule has 0 unspecified atom stereocenters. The van der Waals surface area contributed by atoms with E-state index in [1.165, 1.54) is 11.1 Å². The SMILES string of the molecule is CCOC(=O)[C@H]1C(CC)=C(C)C=C[C@H]1c1ccc(Br)cc1. The molecule has 0 fully saturated rings. The molecule has 1 aromatic carbocycles. The van der Waals surface area contributed by atoms with Gasteiger partial charge in [0.25, 0.3) is 0 Å². The molecule has 21 heavy (non-hydrogen) atoms. The van der Waals surface area contributed by atoms with E-state index in [1.54, 1.807) is 0 Å². The van der Waals surface area contributed by atoms with Crippen LogP contribution in [-0.4, -0.2) is 12.6 Å². The maximum atomic E-state index is 12.5. The number of rotatable bonds is 4. The van der Waals surface area contributed by atoms with E-state index < -0.39 is 0 Å². The molecule has 2 rings (SSSR count). The minimum atomic E-state index is -0.207. The van der Waals surface area contributed by atoms with Crippen molar-refractivity contribution < 1.29 is 9.53 Å². The van der Waals surface area contributed by atoms with Crippen molar-refractivity contribution in [1.29, 1.82) is 0 Å². The van der Waals surface area contributed by atoms with E-state index in [1.807, 2.05) is 19.1 Å². The lowest BCUT2D eigenvalue weighted by Crippen LogP contribution is -2.28. The third-order valence-corrected chi connectivity index (χ3v) is 4.50. The van der Waals surface area contributed by atoms with Gasteiger partial charge in [0, 0.05) is 10.4 Å². The van der Waals surface area contributed by atoms with Crippen molar-refractivity contribution in [2.24, 2.45) is 5.92 Å². The number of allylic oxidation sites excluding steroid dienone is 3. The Hall–Kier alpha value is -1.35. The standard InChI is InChI=1S/C18H21BrO2/c1-4-15-12(3)6-11-16(17(15)18(20)21-5-2)13-7-9-14(19)10-8-13/h6-11,16-17H,4-5H2,1-3H3/t16-,17-/m0/s1. The van der Waals surface area contributed by atoms with E-state index in [-0.39, 0.29) is 17.8 Å². The highest BCUT2D eigenvalue weighted by molar-refractivity contribution is 9.10. The van der Waals surface area contributed by atoms with Gasteiger partial charge in [-0.2, -0.15) is 0 Å². The molecular weight excluding hydrogens is 328 g/mol. The predicted octanol–water partition coefficient (Wildman–Crippen LogP) is 5.01. The lowest BCUT2D eigenvalue weighted by molar-refractivity contribution is -0.147. The Labute approximate surface area is 135 Å². The molecule has 0 N–H and O–H groups in total. The fourth-order valence-corrected chi connectivity index (χ4v) is 3.20. The molecule has 0 saturated heterocycles. The van der Waals surface area contributed by atoms with E-state index >= 15 is 0 Å². The largest absolute Gasteiger partial charge is 0.466 e. The lowest BCUT2D eigenvalue weighted by atomic mass is 9.75. The summed E-state index contributed by atoms with van der Waals surface area (Å²) in [5, 5.41) is 0. The molecule has 0 aliphatic heterocycles. The van der Waals surface area contributed by atoms with Crippen molar-refractivity contribution >= 4 is 21.9 Å². The summed E-state index contributed by atoms with van der Waals surface area (Å²) in [6.45, 7) is 6.44. The molecule has 112 valence electrons. The van der Waals surface area contributed by atoms with E-state index in [0.29, 0.717) is 6.61 Å². The maximum absolute atomic E-state index is 12.5. The Balaban J connectivity index is 2.41. The zero-order valence-electron chi connectivity index (χ0n) is 12.7. The third kappa shape index (κ3) is 3.46. The van der Waals surface area contributed by atoms with Crippen LogP contribution in [0, 0.1) is 5.92 Å². The summed E-state index contributed by atoms with van der Waals surface area (Å²) >= 11 is 3.45. The van der Waals surface area contributed by atoms with Crippen LogP contribution in [0.4, 0.5) is 0 Å². The van der Waals surface area contributed by atoms with Gasteiger partial charge >= 0.3 is 5.97 Å². The molecule has 0 radical (unpaired) electrons. The van der Waals surface area contributed by atoms with Crippen molar-refractivity contribution in [2.45, 2.75) is 33.1 Å². The molecule has 2 nitrogen and oxygen atoms in total. The number of carbonyl (C=O) groups is 1. The molecule has 2 atom stereocenters. The third-order valence-electron chi connectivity index (χ3n) is 3.97. The Kier molecular flexibility index (Phi) is 5.40. The van der Waals surface area contributed by atoms with Crippen LogP contribution in [0.5, 0.6) is 0 Å². The van der Waals surface area contributed by atoms with Gasteiger partial charge in [-0.3, -0.25) is 4.79 Å². The van der Waals surface area contributed by atoms with Crippen LogP contribution < -0.4 is 0 Å². The summed E-state index contributed by atoms with van der Waals surface area (Å²) < 4.78 is 6.36. The number of hydrogen-bond donors (Lipinski definition) is 0. The van der Waals surface area contributed by atoms with Gasteiger partial charge in [-0.15, -0.1) is 0 Å². The first-order chi connectivity index (χ1) is 10.1. The Morgan fingerprint density at radius 1 is 1.24 bits per heavy atom. The number of halogens is 1. The molecule has 0 bridgehead atoms. The monoisotopic (exact) mass is 348 g/mol. The summed E-state index contributed by atoms with van der Waals surface area (Å²) in [6, 6.07) is 8.17. The predicted molar refractivity (Wildman–Crippen MR) is 89.1 cm³/mol. The molecule has 1 aliphatic rings. The zero-order valence-corrected chi connectivity index (χ0v) is 14.3. The van der Waals surface area contributed by atoms with Gasteiger partial charge in [-0.25, -0.2) is 0 Å². The minimum absolute atomic E-state index is 0.0517. The van der Waals surface area contributed by atoms with E-state index in [4.69, 9.17) is 4.74 Å². The maximum Gasteiger partial charge on any atom is 0.314 e. The van der Waals surface area contributed by atoms with E-state index in [2.05, 4.69) is 54.1 Å². The van der Waals surface area contributed by atoms with Crippen LogP contribution in [0.25, 0.3) is 0 Å². The van der Waals surface area contributed by atoms with Crippen LogP contribution in [0.15, 0.2) is 52.0 Å². The Morgan fingerprint density at radius 2 is 1.90 bits per heavy atom. The van der Waals surface area contributed by atoms with Crippen LogP contribution in [0.3, 0.4) is 0 Å². The van der Waals surface area contributed by atoms with E-state index in [0.717, 1.165) is 16.5 Å². The number of esters is 1. The van der Waals surface area contributed by atoms with Crippen molar-refractivity contribution in [2.75, 3.05) is 6.61 Å². The van der Waals surface area contributed by atoms with Crippen LogP contribution in [-0.2, 0) is 9.53 Å².